The molecule has 0 radical (unpaired) electrons. The molecule has 1 heterocycles. The topological polar surface area (TPSA) is 92.5 Å². The molecule has 1 N–H and O–H groups in total. The zero-order valence-corrected chi connectivity index (χ0v) is 18.2. The number of benzene rings is 1. The molecule has 1 aliphatic carbocycles. The van der Waals surface area contributed by atoms with Gasteiger partial charge in [0.1, 0.15) is 6.54 Å². The van der Waals surface area contributed by atoms with Crippen LogP contribution in [0, 0.1) is 0 Å². The minimum absolute atomic E-state index is 0.278. The van der Waals surface area contributed by atoms with E-state index in [1.54, 1.807) is 13.8 Å². The first kappa shape index (κ1) is 23.3. The van der Waals surface area contributed by atoms with E-state index in [9.17, 15) is 26.4 Å². The van der Waals surface area contributed by atoms with Crippen LogP contribution in [0.1, 0.15) is 61.0 Å². The Bertz CT molecular complexity index is 1090. The number of hydrogen-bond donors (Lipinski definition) is 1. The van der Waals surface area contributed by atoms with Crippen molar-refractivity contribution in [3.05, 3.63) is 46.8 Å². The minimum atomic E-state index is -4.68. The second kappa shape index (κ2) is 8.27. The highest BCUT2D eigenvalue weighted by Crippen LogP contribution is 2.38. The van der Waals surface area contributed by atoms with Crippen LogP contribution < -0.4 is 0 Å². The van der Waals surface area contributed by atoms with E-state index >= 15 is 0 Å². The van der Waals surface area contributed by atoms with Crippen LogP contribution in [-0.4, -0.2) is 40.6 Å². The van der Waals surface area contributed by atoms with Crippen molar-refractivity contribution < 1.29 is 31.5 Å². The predicted molar refractivity (Wildman–Crippen MR) is 106 cm³/mol. The Hall–Kier alpha value is -2.40. The van der Waals surface area contributed by atoms with Gasteiger partial charge >= 0.3 is 12.1 Å². The number of alkyl halides is 3. The van der Waals surface area contributed by atoms with Crippen LogP contribution in [0.3, 0.4) is 0 Å². The van der Waals surface area contributed by atoms with E-state index in [-0.39, 0.29) is 18.0 Å². The molecule has 2 aromatic rings. The van der Waals surface area contributed by atoms with Crippen LogP contribution >= 0.6 is 0 Å². The van der Waals surface area contributed by atoms with E-state index in [0.717, 1.165) is 10.4 Å². The number of aromatic nitrogens is 2. The molecule has 0 saturated carbocycles. The van der Waals surface area contributed by atoms with E-state index in [1.165, 1.54) is 24.0 Å². The van der Waals surface area contributed by atoms with Crippen molar-refractivity contribution in [1.82, 2.24) is 14.1 Å². The van der Waals surface area contributed by atoms with E-state index < -0.39 is 38.7 Å². The molecule has 0 saturated heterocycles. The van der Waals surface area contributed by atoms with Gasteiger partial charge in [-0.25, -0.2) is 8.42 Å². The van der Waals surface area contributed by atoms with Crippen molar-refractivity contribution in [3.8, 4) is 0 Å². The highest BCUT2D eigenvalue weighted by Gasteiger charge is 2.37. The molecule has 1 atom stereocenters. The Labute approximate surface area is 178 Å². The number of hydrogen-bond acceptors (Lipinski definition) is 4. The molecular weight excluding hydrogens is 435 g/mol. The molecule has 1 aromatic carbocycles. The van der Waals surface area contributed by atoms with Crippen molar-refractivity contribution >= 4 is 16.0 Å². The van der Waals surface area contributed by atoms with Gasteiger partial charge in [0.25, 0.3) is 0 Å². The molecule has 3 rings (SSSR count). The van der Waals surface area contributed by atoms with Crippen LogP contribution in [0.2, 0.25) is 0 Å². The molecule has 1 aromatic heterocycles. The molecule has 31 heavy (non-hydrogen) atoms. The predicted octanol–water partition coefficient (Wildman–Crippen LogP) is 3.81. The number of halogens is 3. The number of aliphatic carboxylic acids is 1. The van der Waals surface area contributed by atoms with Gasteiger partial charge in [-0.2, -0.15) is 22.6 Å². The van der Waals surface area contributed by atoms with Crippen molar-refractivity contribution in [3.63, 3.8) is 0 Å². The van der Waals surface area contributed by atoms with Crippen molar-refractivity contribution in [1.29, 1.82) is 0 Å². The lowest BCUT2D eigenvalue weighted by Gasteiger charge is -2.31. The number of carboxylic acids is 1. The number of sulfonamides is 1. The lowest BCUT2D eigenvalue weighted by atomic mass is 9.93. The average molecular weight is 459 g/mol. The zero-order chi connectivity index (χ0) is 23.1. The maximum atomic E-state index is 13.4. The maximum absolute atomic E-state index is 13.4. The van der Waals surface area contributed by atoms with Crippen LogP contribution in [0.4, 0.5) is 13.2 Å². The lowest BCUT2D eigenvalue weighted by molar-refractivity contribution is -0.138. The molecule has 0 aliphatic heterocycles. The highest BCUT2D eigenvalue weighted by molar-refractivity contribution is 7.89. The fraction of sp³-hybridized carbons (Fsp3) is 0.500. The summed E-state index contributed by atoms with van der Waals surface area (Å²) >= 11 is 0. The van der Waals surface area contributed by atoms with Crippen molar-refractivity contribution in [2.24, 2.45) is 0 Å². The number of carboxylic acid groups (broad SMARTS) is 1. The van der Waals surface area contributed by atoms with Gasteiger partial charge in [0, 0.05) is 18.3 Å². The summed E-state index contributed by atoms with van der Waals surface area (Å²) in [7, 11) is -2.92. The standard InChI is InChI=1S/C20H24F3N3O4S/c1-12(2)13-7-14(20(21,22)23)9-15(8-13)31(29,30)25(3)17-5-4-6-18-16(17)10-24-26(18)11-19(27)28/h7-10,12,17H,4-6,11H2,1-3H3,(H,27,28)/t17-/m1/s1. The summed E-state index contributed by atoms with van der Waals surface area (Å²) in [4.78, 5) is 10.6. The van der Waals surface area contributed by atoms with Gasteiger partial charge < -0.3 is 5.11 Å². The Morgan fingerprint density at radius 1 is 1.32 bits per heavy atom. The van der Waals surface area contributed by atoms with Gasteiger partial charge in [-0.3, -0.25) is 9.48 Å². The Morgan fingerprint density at radius 2 is 2.00 bits per heavy atom. The quantitative estimate of drug-likeness (QED) is 0.709. The lowest BCUT2D eigenvalue weighted by Crippen LogP contribution is -2.33. The van der Waals surface area contributed by atoms with Crippen LogP contribution in [0.25, 0.3) is 0 Å². The number of carbonyl (C=O) groups is 1. The van der Waals surface area contributed by atoms with E-state index in [4.69, 9.17) is 5.11 Å². The summed E-state index contributed by atoms with van der Waals surface area (Å²) in [6, 6.07) is 2.27. The number of rotatable bonds is 6. The monoisotopic (exact) mass is 459 g/mol. The minimum Gasteiger partial charge on any atom is -0.480 e. The van der Waals surface area contributed by atoms with Gasteiger partial charge in [0.2, 0.25) is 10.0 Å². The Kier molecular flexibility index (Phi) is 6.21. The molecule has 7 nitrogen and oxygen atoms in total. The molecule has 1 aliphatic rings. The normalized spacial score (nSPS) is 17.2. The first-order valence-electron chi connectivity index (χ1n) is 9.79. The molecule has 0 spiro atoms. The van der Waals surface area contributed by atoms with E-state index in [0.29, 0.717) is 36.6 Å². The van der Waals surface area contributed by atoms with Crippen LogP contribution in [-0.2, 0) is 34.0 Å². The van der Waals surface area contributed by atoms with Gasteiger partial charge in [-0.1, -0.05) is 13.8 Å². The summed E-state index contributed by atoms with van der Waals surface area (Å²) in [6.07, 6.45) is -1.63. The fourth-order valence-corrected chi connectivity index (χ4v) is 5.29. The van der Waals surface area contributed by atoms with Crippen molar-refractivity contribution in [2.45, 2.75) is 62.7 Å². The summed E-state index contributed by atoms with van der Waals surface area (Å²) in [5, 5.41) is 13.1. The van der Waals surface area contributed by atoms with Crippen molar-refractivity contribution in [2.75, 3.05) is 7.05 Å². The molecule has 170 valence electrons. The van der Waals surface area contributed by atoms with Crippen LogP contribution in [0.5, 0.6) is 0 Å². The van der Waals surface area contributed by atoms with Gasteiger partial charge in [0.15, 0.2) is 0 Å². The molecule has 0 amide bonds. The van der Waals surface area contributed by atoms with Gasteiger partial charge in [0.05, 0.1) is 22.7 Å². The maximum Gasteiger partial charge on any atom is 0.416 e. The summed E-state index contributed by atoms with van der Waals surface area (Å²) in [5.74, 6) is -1.36. The zero-order valence-electron chi connectivity index (χ0n) is 17.3. The fourth-order valence-electron chi connectivity index (χ4n) is 3.84. The largest absolute Gasteiger partial charge is 0.480 e. The second-order valence-electron chi connectivity index (χ2n) is 7.97. The SMILES string of the molecule is CC(C)c1cc(C(F)(F)F)cc(S(=O)(=O)N(C)[C@@H]2CCCc3c2cnn3CC(=O)O)c1. The van der Waals surface area contributed by atoms with Gasteiger partial charge in [-0.15, -0.1) is 0 Å². The highest BCUT2D eigenvalue weighted by atomic mass is 32.2. The number of fused-ring (bicyclic) bond motifs is 1. The third kappa shape index (κ3) is 4.62. The molecule has 0 fully saturated rings. The number of nitrogens with zero attached hydrogens (tertiary/aromatic N) is 3. The third-order valence-corrected chi connectivity index (χ3v) is 7.40. The van der Waals surface area contributed by atoms with Gasteiger partial charge in [-0.05, 0) is 48.9 Å². The Morgan fingerprint density at radius 3 is 2.58 bits per heavy atom. The molecule has 0 bridgehead atoms. The van der Waals surface area contributed by atoms with E-state index in [1.807, 2.05) is 0 Å². The molecule has 11 heteroatoms. The average Bonchev–Trinajstić information content (AvgIpc) is 3.08. The van der Waals surface area contributed by atoms with Crippen LogP contribution in [0.15, 0.2) is 29.3 Å². The molecular formula is C20H24F3N3O4S. The molecule has 0 unspecified atom stereocenters. The Balaban J connectivity index is 2.03. The second-order valence-corrected chi connectivity index (χ2v) is 9.97. The first-order chi connectivity index (χ1) is 14.3. The summed E-state index contributed by atoms with van der Waals surface area (Å²) in [6.45, 7) is 3.05. The first-order valence-corrected chi connectivity index (χ1v) is 11.2. The summed E-state index contributed by atoms with van der Waals surface area (Å²) < 4.78 is 69.2. The van der Waals surface area contributed by atoms with E-state index in [2.05, 4.69) is 5.10 Å². The third-order valence-electron chi connectivity index (χ3n) is 5.55. The smallest absolute Gasteiger partial charge is 0.416 e. The summed E-state index contributed by atoms with van der Waals surface area (Å²) in [5.41, 5.74) is 0.479.